The van der Waals surface area contributed by atoms with Gasteiger partial charge in [0.1, 0.15) is 6.73 Å². The summed E-state index contributed by atoms with van der Waals surface area (Å²) in [4.78, 5) is 3.85. The predicted octanol–water partition coefficient (Wildman–Crippen LogP) is 3.17. The van der Waals surface area contributed by atoms with Crippen molar-refractivity contribution in [3.8, 4) is 11.4 Å². The lowest BCUT2D eigenvalue weighted by Gasteiger charge is -2.32. The average molecular weight is 453 g/mol. The molecule has 0 saturated carbocycles. The molecule has 6 nitrogen and oxygen atoms in total. The van der Waals surface area contributed by atoms with Crippen LogP contribution in [-0.2, 0) is 27.0 Å². The third-order valence-corrected chi connectivity index (χ3v) is 9.88. The van der Waals surface area contributed by atoms with E-state index in [0.717, 1.165) is 21.4 Å². The van der Waals surface area contributed by atoms with Crippen LogP contribution in [0.15, 0.2) is 18.2 Å². The van der Waals surface area contributed by atoms with Crippen molar-refractivity contribution >= 4 is 25.8 Å². The van der Waals surface area contributed by atoms with E-state index in [1.54, 1.807) is 6.07 Å². The van der Waals surface area contributed by atoms with Crippen LogP contribution < -0.4 is 10.6 Å². The van der Waals surface area contributed by atoms with E-state index in [-0.39, 0.29) is 12.6 Å². The Morgan fingerprint density at radius 1 is 1.10 bits per heavy atom. The molecule has 1 aromatic carbocycles. The second kappa shape index (κ2) is 7.16. The first-order valence-electron chi connectivity index (χ1n) is 10.3. The van der Waals surface area contributed by atoms with E-state index in [1.165, 1.54) is 0 Å². The predicted molar refractivity (Wildman–Crippen MR) is 114 cm³/mol. The van der Waals surface area contributed by atoms with Gasteiger partial charge >= 0.3 is 13.3 Å². The van der Waals surface area contributed by atoms with Crippen LogP contribution in [0.5, 0.6) is 0 Å². The van der Waals surface area contributed by atoms with E-state index in [9.17, 15) is 13.2 Å². The highest BCUT2D eigenvalue weighted by atomic mass is 28.3. The SMILES string of the molecule is CC1(C)OB(c2ccc3c(c2)[Si](C)(C)CCOCn2nc-3nc2C(F)(F)F)OC1(C)C. The van der Waals surface area contributed by atoms with Crippen molar-refractivity contribution < 1.29 is 27.2 Å². The molecule has 1 saturated heterocycles. The number of fused-ring (bicyclic) bond motifs is 4. The quantitative estimate of drug-likeness (QED) is 0.621. The van der Waals surface area contributed by atoms with Crippen LogP contribution in [0.1, 0.15) is 33.5 Å². The van der Waals surface area contributed by atoms with Crippen LogP contribution in [0.4, 0.5) is 13.2 Å². The summed E-state index contributed by atoms with van der Waals surface area (Å²) >= 11 is 0. The zero-order valence-electron chi connectivity index (χ0n) is 18.6. The Hall–Kier alpha value is -1.69. The van der Waals surface area contributed by atoms with Crippen LogP contribution in [0.3, 0.4) is 0 Å². The lowest BCUT2D eigenvalue weighted by molar-refractivity contribution is -0.150. The first kappa shape index (κ1) is 22.5. The Morgan fingerprint density at radius 3 is 2.35 bits per heavy atom. The third kappa shape index (κ3) is 3.96. The lowest BCUT2D eigenvalue weighted by Crippen LogP contribution is -2.47. The molecule has 11 heteroatoms. The summed E-state index contributed by atoms with van der Waals surface area (Å²) in [5, 5.41) is 5.11. The highest BCUT2D eigenvalue weighted by Gasteiger charge is 2.52. The molecule has 0 aliphatic carbocycles. The fourth-order valence-electron chi connectivity index (χ4n) is 3.81. The van der Waals surface area contributed by atoms with Crippen LogP contribution >= 0.6 is 0 Å². The number of alkyl halides is 3. The van der Waals surface area contributed by atoms with Gasteiger partial charge in [-0.05, 0) is 44.4 Å². The smallest absolute Gasteiger partial charge is 0.399 e. The van der Waals surface area contributed by atoms with Gasteiger partial charge in [-0.25, -0.2) is 9.67 Å². The van der Waals surface area contributed by atoms with Gasteiger partial charge in [-0.15, -0.1) is 5.10 Å². The number of hydrogen-bond acceptors (Lipinski definition) is 5. The molecule has 168 valence electrons. The molecule has 1 aromatic heterocycles. The van der Waals surface area contributed by atoms with Crippen molar-refractivity contribution in [3.05, 3.63) is 24.0 Å². The van der Waals surface area contributed by atoms with Gasteiger partial charge < -0.3 is 14.0 Å². The molecule has 0 radical (unpaired) electrons. The second-order valence-corrected chi connectivity index (χ2v) is 14.6. The van der Waals surface area contributed by atoms with Crippen LogP contribution in [0.2, 0.25) is 19.1 Å². The number of halogens is 3. The van der Waals surface area contributed by atoms with Gasteiger partial charge in [0.15, 0.2) is 5.82 Å². The van der Waals surface area contributed by atoms with Crippen molar-refractivity contribution in [1.82, 2.24) is 14.8 Å². The molecule has 0 N–H and O–H groups in total. The minimum absolute atomic E-state index is 0.0638. The van der Waals surface area contributed by atoms with Gasteiger partial charge in [-0.1, -0.05) is 31.3 Å². The Morgan fingerprint density at radius 2 is 1.74 bits per heavy atom. The van der Waals surface area contributed by atoms with E-state index in [0.29, 0.717) is 12.2 Å². The van der Waals surface area contributed by atoms with Crippen molar-refractivity contribution in [2.75, 3.05) is 6.61 Å². The zero-order chi connectivity index (χ0) is 22.8. The van der Waals surface area contributed by atoms with E-state index >= 15 is 0 Å². The summed E-state index contributed by atoms with van der Waals surface area (Å²) in [5.41, 5.74) is 0.495. The molecule has 2 bridgehead atoms. The summed E-state index contributed by atoms with van der Waals surface area (Å²) < 4.78 is 59.1. The Bertz CT molecular complexity index is 991. The molecule has 0 amide bonds. The monoisotopic (exact) mass is 453 g/mol. The molecule has 1 fully saturated rings. The molecule has 4 rings (SSSR count). The van der Waals surface area contributed by atoms with Crippen LogP contribution in [-0.4, -0.2) is 47.8 Å². The number of ether oxygens (including phenoxy) is 1. The summed E-state index contributed by atoms with van der Waals surface area (Å²) in [6.07, 6.45) is -4.61. The molecule has 2 aliphatic heterocycles. The van der Waals surface area contributed by atoms with E-state index < -0.39 is 38.4 Å². The van der Waals surface area contributed by atoms with Gasteiger partial charge in [0.05, 0.1) is 19.3 Å². The summed E-state index contributed by atoms with van der Waals surface area (Å²) in [6.45, 7) is 12.4. The normalized spacial score (nSPS) is 22.3. The number of rotatable bonds is 1. The van der Waals surface area contributed by atoms with E-state index in [1.807, 2.05) is 39.8 Å². The summed E-state index contributed by atoms with van der Waals surface area (Å²) in [5.74, 6) is -0.987. The maximum absolute atomic E-state index is 13.5. The molecule has 2 aromatic rings. The Kier molecular flexibility index (Phi) is 5.20. The largest absolute Gasteiger partial charge is 0.494 e. The lowest BCUT2D eigenvalue weighted by atomic mass is 9.79. The molecule has 0 unspecified atom stereocenters. The van der Waals surface area contributed by atoms with Gasteiger partial charge in [-0.2, -0.15) is 13.2 Å². The fourth-order valence-corrected chi connectivity index (χ4v) is 6.22. The number of nitrogens with zero attached hydrogens (tertiary/aromatic N) is 3. The molecule has 0 spiro atoms. The van der Waals surface area contributed by atoms with Crippen molar-refractivity contribution in [2.45, 2.75) is 70.9 Å². The minimum atomic E-state index is -4.61. The van der Waals surface area contributed by atoms with Gasteiger partial charge in [0.25, 0.3) is 0 Å². The van der Waals surface area contributed by atoms with E-state index in [4.69, 9.17) is 14.0 Å². The highest BCUT2D eigenvalue weighted by Crippen LogP contribution is 2.37. The topological polar surface area (TPSA) is 58.4 Å². The molecule has 0 atom stereocenters. The van der Waals surface area contributed by atoms with Crippen molar-refractivity contribution in [2.24, 2.45) is 0 Å². The first-order chi connectivity index (χ1) is 14.2. The average Bonchev–Trinajstić information content (AvgIpc) is 3.16. The minimum Gasteiger partial charge on any atom is -0.399 e. The van der Waals surface area contributed by atoms with Crippen molar-refractivity contribution in [1.29, 1.82) is 0 Å². The third-order valence-electron chi connectivity index (χ3n) is 6.55. The summed E-state index contributed by atoms with van der Waals surface area (Å²) in [7, 11) is -2.65. The molecule has 31 heavy (non-hydrogen) atoms. The maximum Gasteiger partial charge on any atom is 0.494 e. The number of aromatic nitrogens is 3. The highest BCUT2D eigenvalue weighted by molar-refractivity contribution is 6.91. The Balaban J connectivity index is 1.83. The summed E-state index contributed by atoms with van der Waals surface area (Å²) in [6, 6.07) is 6.39. The zero-order valence-corrected chi connectivity index (χ0v) is 19.6. The molecule has 2 aliphatic rings. The Labute approximate surface area is 181 Å². The standard InChI is InChI=1S/C20H27BF3N3O3Si/c1-18(2)19(3,4)30-21(29-18)13-7-8-14-15(11-13)31(5,6)10-9-28-12-27-17(20(22,23)24)25-16(14)26-27/h7-8,11H,9-10,12H2,1-6H3. The maximum atomic E-state index is 13.5. The second-order valence-electron chi connectivity index (χ2n) is 9.82. The van der Waals surface area contributed by atoms with Gasteiger partial charge in [0, 0.05) is 12.2 Å². The van der Waals surface area contributed by atoms with E-state index in [2.05, 4.69) is 23.2 Å². The van der Waals surface area contributed by atoms with Crippen LogP contribution in [0.25, 0.3) is 11.4 Å². The van der Waals surface area contributed by atoms with Gasteiger partial charge in [0.2, 0.25) is 5.82 Å². The first-order valence-corrected chi connectivity index (χ1v) is 13.5. The molecular weight excluding hydrogens is 426 g/mol. The van der Waals surface area contributed by atoms with Crippen LogP contribution in [0, 0.1) is 0 Å². The number of benzene rings is 1. The molecular formula is C20H27BF3N3O3Si. The van der Waals surface area contributed by atoms with Crippen molar-refractivity contribution in [3.63, 3.8) is 0 Å². The van der Waals surface area contributed by atoms with Gasteiger partial charge in [-0.3, -0.25) is 0 Å². The molecule has 3 heterocycles. The fraction of sp³-hybridized carbons (Fsp3) is 0.600. The number of hydrogen-bond donors (Lipinski definition) is 0.